The summed E-state index contributed by atoms with van der Waals surface area (Å²) >= 11 is 0. The number of hydrogen-bond acceptors (Lipinski definition) is 2. The normalized spacial score (nSPS) is 13.6. The van der Waals surface area contributed by atoms with Gasteiger partial charge in [0.25, 0.3) is 0 Å². The fourth-order valence-corrected chi connectivity index (χ4v) is 1.91. The summed E-state index contributed by atoms with van der Waals surface area (Å²) in [6.45, 7) is 11.7. The summed E-state index contributed by atoms with van der Waals surface area (Å²) in [4.78, 5) is 2.25. The van der Waals surface area contributed by atoms with E-state index in [0.717, 1.165) is 0 Å². The summed E-state index contributed by atoms with van der Waals surface area (Å²) in [5.41, 5.74) is 9.90. The number of rotatable bonds is 3. The lowest BCUT2D eigenvalue weighted by Gasteiger charge is -2.29. The van der Waals surface area contributed by atoms with Crippen molar-refractivity contribution in [1.29, 1.82) is 0 Å². The number of aryl methyl sites for hydroxylation is 1. The summed E-state index contributed by atoms with van der Waals surface area (Å²) in [5.74, 6) is 0. The highest BCUT2D eigenvalue weighted by Crippen LogP contribution is 2.28. The molecule has 96 valence electrons. The van der Waals surface area contributed by atoms with Gasteiger partial charge in [-0.2, -0.15) is 0 Å². The highest BCUT2D eigenvalue weighted by Gasteiger charge is 2.16. The van der Waals surface area contributed by atoms with Crippen molar-refractivity contribution < 1.29 is 0 Å². The lowest BCUT2D eigenvalue weighted by atomic mass is 9.86. The van der Waals surface area contributed by atoms with Crippen LogP contribution in [-0.2, 0) is 5.41 Å². The molecule has 0 bridgehead atoms. The molecule has 0 amide bonds. The molecule has 0 aliphatic heterocycles. The maximum Gasteiger partial charge on any atom is 0.0396 e. The molecule has 17 heavy (non-hydrogen) atoms. The Balaban J connectivity index is 3.06. The van der Waals surface area contributed by atoms with Crippen LogP contribution >= 0.6 is 0 Å². The standard InChI is InChI=1S/C15H26N2/c1-11-9-13(15(3,4)5)7-8-14(11)17(6)12(2)10-16/h7-9,12H,10,16H2,1-6H3. The first-order valence-electron chi connectivity index (χ1n) is 6.31. The average Bonchev–Trinajstić information content (AvgIpc) is 2.25. The number of hydrogen-bond donors (Lipinski definition) is 1. The van der Waals surface area contributed by atoms with Crippen molar-refractivity contribution in [3.8, 4) is 0 Å². The zero-order valence-corrected chi connectivity index (χ0v) is 12.0. The Hall–Kier alpha value is -1.02. The summed E-state index contributed by atoms with van der Waals surface area (Å²) in [6.07, 6.45) is 0. The van der Waals surface area contributed by atoms with E-state index in [4.69, 9.17) is 5.73 Å². The Kier molecular flexibility index (Phi) is 4.21. The predicted octanol–water partition coefficient (Wildman–Crippen LogP) is 3.08. The lowest BCUT2D eigenvalue weighted by molar-refractivity contribution is 0.589. The Bertz CT molecular complexity index is 377. The molecule has 2 nitrogen and oxygen atoms in total. The number of benzene rings is 1. The topological polar surface area (TPSA) is 29.3 Å². The zero-order valence-electron chi connectivity index (χ0n) is 12.0. The van der Waals surface area contributed by atoms with Crippen molar-refractivity contribution in [1.82, 2.24) is 0 Å². The van der Waals surface area contributed by atoms with Crippen LogP contribution in [0.25, 0.3) is 0 Å². The molecule has 1 aromatic carbocycles. The summed E-state index contributed by atoms with van der Waals surface area (Å²) in [7, 11) is 2.11. The van der Waals surface area contributed by atoms with Gasteiger partial charge in [0, 0.05) is 25.3 Å². The van der Waals surface area contributed by atoms with E-state index in [2.05, 4.69) is 64.8 Å². The average molecular weight is 234 g/mol. The minimum atomic E-state index is 0.210. The molecule has 1 aromatic rings. The molecule has 2 heteroatoms. The van der Waals surface area contributed by atoms with Crippen LogP contribution in [0, 0.1) is 6.92 Å². The maximum atomic E-state index is 5.72. The van der Waals surface area contributed by atoms with Gasteiger partial charge in [0.05, 0.1) is 0 Å². The van der Waals surface area contributed by atoms with Crippen LogP contribution in [0.2, 0.25) is 0 Å². The summed E-state index contributed by atoms with van der Waals surface area (Å²) in [5, 5.41) is 0. The molecule has 0 fully saturated rings. The van der Waals surface area contributed by atoms with Gasteiger partial charge in [-0.25, -0.2) is 0 Å². The van der Waals surface area contributed by atoms with E-state index < -0.39 is 0 Å². The fourth-order valence-electron chi connectivity index (χ4n) is 1.91. The van der Waals surface area contributed by atoms with E-state index in [-0.39, 0.29) is 5.41 Å². The van der Waals surface area contributed by atoms with Gasteiger partial charge in [0.2, 0.25) is 0 Å². The minimum absolute atomic E-state index is 0.210. The van der Waals surface area contributed by atoms with Gasteiger partial charge < -0.3 is 10.6 Å². The Morgan fingerprint density at radius 3 is 2.29 bits per heavy atom. The first kappa shape index (κ1) is 14.0. The molecule has 0 aromatic heterocycles. The molecule has 0 aliphatic rings. The van der Waals surface area contributed by atoms with Crippen LogP contribution in [0.5, 0.6) is 0 Å². The minimum Gasteiger partial charge on any atom is -0.370 e. The van der Waals surface area contributed by atoms with Gasteiger partial charge in [-0.3, -0.25) is 0 Å². The molecule has 0 spiro atoms. The van der Waals surface area contributed by atoms with Crippen molar-refractivity contribution in [3.05, 3.63) is 29.3 Å². The summed E-state index contributed by atoms with van der Waals surface area (Å²) < 4.78 is 0. The van der Waals surface area contributed by atoms with E-state index in [0.29, 0.717) is 12.6 Å². The molecule has 0 radical (unpaired) electrons. The first-order chi connectivity index (χ1) is 7.77. The Morgan fingerprint density at radius 2 is 1.88 bits per heavy atom. The van der Waals surface area contributed by atoms with Crippen molar-refractivity contribution in [2.75, 3.05) is 18.5 Å². The third-order valence-electron chi connectivity index (χ3n) is 3.45. The van der Waals surface area contributed by atoms with E-state index in [1.54, 1.807) is 0 Å². The molecule has 2 N–H and O–H groups in total. The van der Waals surface area contributed by atoms with Crippen molar-refractivity contribution in [2.24, 2.45) is 5.73 Å². The number of nitrogens with two attached hydrogens (primary N) is 1. The van der Waals surface area contributed by atoms with Crippen LogP contribution in [0.4, 0.5) is 5.69 Å². The zero-order chi connectivity index (χ0) is 13.2. The molecule has 1 atom stereocenters. The number of anilines is 1. The van der Waals surface area contributed by atoms with Crippen molar-refractivity contribution in [3.63, 3.8) is 0 Å². The smallest absolute Gasteiger partial charge is 0.0396 e. The van der Waals surface area contributed by atoms with Gasteiger partial charge in [-0.15, -0.1) is 0 Å². The van der Waals surface area contributed by atoms with E-state index in [1.807, 2.05) is 0 Å². The Morgan fingerprint density at radius 1 is 1.29 bits per heavy atom. The highest BCUT2D eigenvalue weighted by molar-refractivity contribution is 5.55. The van der Waals surface area contributed by atoms with Crippen LogP contribution in [-0.4, -0.2) is 19.6 Å². The van der Waals surface area contributed by atoms with Crippen LogP contribution in [0.15, 0.2) is 18.2 Å². The Labute approximate surface area is 106 Å². The maximum absolute atomic E-state index is 5.72. The van der Waals surface area contributed by atoms with Crippen LogP contribution in [0.1, 0.15) is 38.8 Å². The quantitative estimate of drug-likeness (QED) is 0.871. The van der Waals surface area contributed by atoms with E-state index >= 15 is 0 Å². The van der Waals surface area contributed by atoms with Crippen molar-refractivity contribution >= 4 is 5.69 Å². The van der Waals surface area contributed by atoms with Gasteiger partial charge in [-0.05, 0) is 36.5 Å². The van der Waals surface area contributed by atoms with Gasteiger partial charge in [0.1, 0.15) is 0 Å². The lowest BCUT2D eigenvalue weighted by Crippen LogP contribution is -2.35. The molecular weight excluding hydrogens is 208 g/mol. The predicted molar refractivity (Wildman–Crippen MR) is 76.8 cm³/mol. The second kappa shape index (κ2) is 5.09. The van der Waals surface area contributed by atoms with E-state index in [1.165, 1.54) is 16.8 Å². The fraction of sp³-hybridized carbons (Fsp3) is 0.600. The van der Waals surface area contributed by atoms with Gasteiger partial charge in [0.15, 0.2) is 0 Å². The van der Waals surface area contributed by atoms with Crippen molar-refractivity contribution in [2.45, 2.75) is 46.1 Å². The monoisotopic (exact) mass is 234 g/mol. The van der Waals surface area contributed by atoms with Gasteiger partial charge in [-0.1, -0.05) is 32.9 Å². The molecule has 0 saturated heterocycles. The molecule has 0 saturated carbocycles. The summed E-state index contributed by atoms with van der Waals surface area (Å²) in [6, 6.07) is 7.09. The van der Waals surface area contributed by atoms with Gasteiger partial charge >= 0.3 is 0 Å². The first-order valence-corrected chi connectivity index (χ1v) is 6.31. The highest BCUT2D eigenvalue weighted by atomic mass is 15.1. The largest absolute Gasteiger partial charge is 0.370 e. The van der Waals surface area contributed by atoms with E-state index in [9.17, 15) is 0 Å². The molecule has 1 unspecified atom stereocenters. The third kappa shape index (κ3) is 3.22. The second-order valence-electron chi connectivity index (χ2n) is 5.95. The second-order valence-corrected chi connectivity index (χ2v) is 5.95. The number of nitrogens with zero attached hydrogens (tertiary/aromatic N) is 1. The number of likely N-dealkylation sites (N-methyl/N-ethyl adjacent to an activating group) is 1. The molecular formula is C15H26N2. The SMILES string of the molecule is Cc1cc(C(C)(C)C)ccc1N(C)C(C)CN. The van der Waals surface area contributed by atoms with Crippen LogP contribution in [0.3, 0.4) is 0 Å². The molecule has 1 rings (SSSR count). The molecule has 0 aliphatic carbocycles. The van der Waals surface area contributed by atoms with Crippen LogP contribution < -0.4 is 10.6 Å². The third-order valence-corrected chi connectivity index (χ3v) is 3.45. The molecule has 0 heterocycles.